The molecule has 0 amide bonds. The van der Waals surface area contributed by atoms with Gasteiger partial charge in [-0.15, -0.1) is 0 Å². The molecule has 0 aromatic rings. The highest BCUT2D eigenvalue weighted by atomic mass is 16.8. The molecular weight excluding hydrogens is 272 g/mol. The highest BCUT2D eigenvalue weighted by Crippen LogP contribution is 2.35. The molecule has 0 aliphatic carbocycles. The second-order valence-corrected chi connectivity index (χ2v) is 5.60. The Bertz CT molecular complexity index is 338. The van der Waals surface area contributed by atoms with E-state index >= 15 is 0 Å². The fourth-order valence-corrected chi connectivity index (χ4v) is 2.77. The van der Waals surface area contributed by atoms with Crippen molar-refractivity contribution in [1.82, 2.24) is 0 Å². The van der Waals surface area contributed by atoms with Crippen LogP contribution in [0.3, 0.4) is 0 Å². The summed E-state index contributed by atoms with van der Waals surface area (Å²) in [6, 6.07) is 0. The molecule has 5 heteroatoms. The Morgan fingerprint density at radius 3 is 1.67 bits per heavy atom. The zero-order valence-corrected chi connectivity index (χ0v) is 13.0. The van der Waals surface area contributed by atoms with Gasteiger partial charge in [0.1, 0.15) is 0 Å². The van der Waals surface area contributed by atoms with Gasteiger partial charge in [-0.3, -0.25) is 0 Å². The van der Waals surface area contributed by atoms with Gasteiger partial charge >= 0.3 is 0 Å². The topological polar surface area (TPSA) is 46.2 Å². The van der Waals surface area contributed by atoms with Gasteiger partial charge in [-0.25, -0.2) is 0 Å². The Balaban J connectivity index is 2.20. The maximum Gasteiger partial charge on any atom is 0.193 e. The van der Waals surface area contributed by atoms with Crippen molar-refractivity contribution in [1.29, 1.82) is 0 Å². The van der Waals surface area contributed by atoms with E-state index < -0.39 is 11.6 Å². The summed E-state index contributed by atoms with van der Waals surface area (Å²) in [7, 11) is 0. The van der Waals surface area contributed by atoms with Crippen LogP contribution < -0.4 is 0 Å². The first-order chi connectivity index (χ1) is 10.0. The second kappa shape index (κ2) is 7.03. The molecule has 0 radical (unpaired) electrons. The Morgan fingerprint density at radius 2 is 1.29 bits per heavy atom. The van der Waals surface area contributed by atoms with Crippen LogP contribution in [0.15, 0.2) is 25.3 Å². The molecule has 4 unspecified atom stereocenters. The van der Waals surface area contributed by atoms with Crippen molar-refractivity contribution < 1.29 is 23.7 Å². The Morgan fingerprint density at radius 1 is 0.857 bits per heavy atom. The minimum absolute atomic E-state index is 0.0202. The van der Waals surface area contributed by atoms with Crippen LogP contribution >= 0.6 is 0 Å². The maximum atomic E-state index is 6.27. The molecule has 5 nitrogen and oxygen atoms in total. The summed E-state index contributed by atoms with van der Waals surface area (Å²) in [5, 5.41) is 0. The lowest BCUT2D eigenvalue weighted by Crippen LogP contribution is -2.47. The van der Waals surface area contributed by atoms with Crippen LogP contribution in [0.5, 0.6) is 0 Å². The van der Waals surface area contributed by atoms with Gasteiger partial charge in [0, 0.05) is 12.8 Å². The second-order valence-electron chi connectivity index (χ2n) is 5.60. The summed E-state index contributed by atoms with van der Waals surface area (Å²) < 4.78 is 29.3. The molecule has 2 aliphatic heterocycles. The molecule has 0 spiro atoms. The van der Waals surface area contributed by atoms with Crippen LogP contribution in [0, 0.1) is 0 Å². The average Bonchev–Trinajstić information content (AvgIpc) is 2.76. The van der Waals surface area contributed by atoms with E-state index in [-0.39, 0.29) is 12.2 Å². The third-order valence-corrected chi connectivity index (χ3v) is 3.78. The van der Waals surface area contributed by atoms with Crippen LogP contribution in [0.25, 0.3) is 0 Å². The summed E-state index contributed by atoms with van der Waals surface area (Å²) >= 11 is 0. The Hall–Kier alpha value is -0.720. The number of hydrogen-bond donors (Lipinski definition) is 0. The van der Waals surface area contributed by atoms with E-state index in [2.05, 4.69) is 13.2 Å². The maximum absolute atomic E-state index is 6.27. The van der Waals surface area contributed by atoms with Gasteiger partial charge in [0.25, 0.3) is 0 Å². The van der Waals surface area contributed by atoms with Crippen molar-refractivity contribution in [3.8, 4) is 0 Å². The fourth-order valence-electron chi connectivity index (χ4n) is 2.77. The van der Waals surface area contributed by atoms with Crippen molar-refractivity contribution >= 4 is 0 Å². The van der Waals surface area contributed by atoms with E-state index in [9.17, 15) is 0 Å². The predicted molar refractivity (Wildman–Crippen MR) is 78.9 cm³/mol. The van der Waals surface area contributed by atoms with E-state index in [0.29, 0.717) is 39.3 Å². The third-order valence-electron chi connectivity index (χ3n) is 3.78. The van der Waals surface area contributed by atoms with E-state index in [1.807, 2.05) is 13.8 Å². The first-order valence-electron chi connectivity index (χ1n) is 7.51. The van der Waals surface area contributed by atoms with Gasteiger partial charge in [0.2, 0.25) is 0 Å². The van der Waals surface area contributed by atoms with Crippen molar-refractivity contribution in [3.05, 3.63) is 25.3 Å². The molecule has 2 aliphatic rings. The van der Waals surface area contributed by atoms with E-state index in [0.717, 1.165) is 0 Å². The number of ether oxygens (including phenoxy) is 5. The minimum Gasteiger partial charge on any atom is -0.376 e. The summed E-state index contributed by atoms with van der Waals surface area (Å²) in [5.41, 5.74) is 0. The normalized spacial score (nSPS) is 41.8. The summed E-state index contributed by atoms with van der Waals surface area (Å²) in [6.45, 7) is 13.7. The van der Waals surface area contributed by atoms with Crippen LogP contribution in [-0.4, -0.2) is 50.2 Å². The van der Waals surface area contributed by atoms with E-state index in [1.54, 1.807) is 12.2 Å². The lowest BCUT2D eigenvalue weighted by molar-refractivity contribution is -0.322. The summed E-state index contributed by atoms with van der Waals surface area (Å²) in [6.07, 6.45) is 4.53. The summed E-state index contributed by atoms with van der Waals surface area (Å²) in [5.74, 6) is -1.87. The third kappa shape index (κ3) is 4.14. The van der Waals surface area contributed by atoms with Gasteiger partial charge in [0.15, 0.2) is 11.6 Å². The number of rotatable bonds is 4. The standard InChI is InChI=1S/C16H26O5/c1-5-15(11-13(3)17-7-9-19-15)21-16(6-2)12-14(4)18-8-10-20-16/h5-6,13-14H,1-2,7-12H2,3-4H3. The van der Waals surface area contributed by atoms with Crippen LogP contribution in [-0.2, 0) is 23.7 Å². The highest BCUT2D eigenvalue weighted by Gasteiger charge is 2.44. The van der Waals surface area contributed by atoms with Gasteiger partial charge < -0.3 is 23.7 Å². The Kier molecular flexibility index (Phi) is 5.57. The first-order valence-corrected chi connectivity index (χ1v) is 7.51. The average molecular weight is 298 g/mol. The highest BCUT2D eigenvalue weighted by molar-refractivity contribution is 5.00. The molecule has 2 rings (SSSR count). The minimum atomic E-state index is -0.936. The predicted octanol–water partition coefficient (Wildman–Crippen LogP) is 2.42. The van der Waals surface area contributed by atoms with Gasteiger partial charge in [-0.05, 0) is 26.0 Å². The fraction of sp³-hybridized carbons (Fsp3) is 0.750. The molecule has 2 saturated heterocycles. The monoisotopic (exact) mass is 298 g/mol. The van der Waals surface area contributed by atoms with Crippen molar-refractivity contribution in [2.75, 3.05) is 26.4 Å². The largest absolute Gasteiger partial charge is 0.376 e. The molecule has 2 fully saturated rings. The smallest absolute Gasteiger partial charge is 0.193 e. The van der Waals surface area contributed by atoms with Crippen molar-refractivity contribution in [2.45, 2.75) is 50.5 Å². The molecule has 0 bridgehead atoms. The molecule has 120 valence electrons. The van der Waals surface area contributed by atoms with Crippen LogP contribution in [0.4, 0.5) is 0 Å². The quantitative estimate of drug-likeness (QED) is 0.746. The lowest BCUT2D eigenvalue weighted by atomic mass is 10.1. The molecule has 0 saturated carbocycles. The zero-order chi connectivity index (χ0) is 15.3. The molecule has 2 heterocycles. The van der Waals surface area contributed by atoms with Crippen LogP contribution in [0.1, 0.15) is 26.7 Å². The lowest BCUT2D eigenvalue weighted by Gasteiger charge is -2.40. The summed E-state index contributed by atoms with van der Waals surface area (Å²) in [4.78, 5) is 0. The SMILES string of the molecule is C=CC1(OC2(C=C)CC(C)OCCO2)CC(C)OCCO1. The van der Waals surface area contributed by atoms with Gasteiger partial charge in [-0.2, -0.15) is 0 Å². The van der Waals surface area contributed by atoms with E-state index in [1.165, 1.54) is 0 Å². The molecule has 21 heavy (non-hydrogen) atoms. The molecular formula is C16H26O5. The Labute approximate surface area is 126 Å². The molecule has 0 N–H and O–H groups in total. The molecule has 0 aromatic heterocycles. The number of hydrogen-bond acceptors (Lipinski definition) is 5. The van der Waals surface area contributed by atoms with Crippen molar-refractivity contribution in [3.63, 3.8) is 0 Å². The molecule has 0 aromatic carbocycles. The van der Waals surface area contributed by atoms with Crippen LogP contribution in [0.2, 0.25) is 0 Å². The van der Waals surface area contributed by atoms with Gasteiger partial charge in [-0.1, -0.05) is 13.2 Å². The zero-order valence-electron chi connectivity index (χ0n) is 13.0. The van der Waals surface area contributed by atoms with E-state index in [4.69, 9.17) is 23.7 Å². The first kappa shape index (κ1) is 16.6. The van der Waals surface area contributed by atoms with Crippen molar-refractivity contribution in [2.24, 2.45) is 0 Å². The van der Waals surface area contributed by atoms with Gasteiger partial charge in [0.05, 0.1) is 38.6 Å². The molecule has 4 atom stereocenters.